The largest absolute Gasteiger partial charge is 0.293 e. The summed E-state index contributed by atoms with van der Waals surface area (Å²) in [5.41, 5.74) is 1.84. The third-order valence-corrected chi connectivity index (χ3v) is 5.45. The number of carbonyl (C=O) groups is 2. The summed E-state index contributed by atoms with van der Waals surface area (Å²) in [6.07, 6.45) is 1.77. The molecule has 1 saturated heterocycles. The molecule has 0 radical (unpaired) electrons. The number of carbonyl (C=O) groups excluding carboxylic acids is 2. The zero-order chi connectivity index (χ0) is 16.4. The van der Waals surface area contributed by atoms with E-state index in [2.05, 4.69) is 38.5 Å². The molecule has 6 heteroatoms. The van der Waals surface area contributed by atoms with Gasteiger partial charge in [-0.05, 0) is 75.8 Å². The van der Waals surface area contributed by atoms with Crippen molar-refractivity contribution < 1.29 is 9.59 Å². The van der Waals surface area contributed by atoms with Crippen LogP contribution in [0, 0.1) is 3.57 Å². The number of benzene rings is 2. The molecule has 0 bridgehead atoms. The van der Waals surface area contributed by atoms with Crippen molar-refractivity contribution in [1.82, 2.24) is 4.90 Å². The normalized spacial score (nSPS) is 16.4. The van der Waals surface area contributed by atoms with Crippen molar-refractivity contribution in [2.24, 2.45) is 0 Å². The van der Waals surface area contributed by atoms with Crippen molar-refractivity contribution in [2.45, 2.75) is 6.54 Å². The minimum absolute atomic E-state index is 0.227. The first-order chi connectivity index (χ1) is 11.0. The molecule has 0 N–H and O–H groups in total. The van der Waals surface area contributed by atoms with E-state index in [9.17, 15) is 9.59 Å². The van der Waals surface area contributed by atoms with Gasteiger partial charge in [-0.15, -0.1) is 0 Å². The van der Waals surface area contributed by atoms with Crippen LogP contribution in [0.25, 0.3) is 6.08 Å². The lowest BCUT2D eigenvalue weighted by Crippen LogP contribution is -2.27. The van der Waals surface area contributed by atoms with Gasteiger partial charge in [-0.1, -0.05) is 40.2 Å². The number of rotatable bonds is 3. The lowest BCUT2D eigenvalue weighted by atomic mass is 10.2. The fourth-order valence-corrected chi connectivity index (χ4v) is 3.58. The molecule has 0 atom stereocenters. The SMILES string of the molecule is O=C1S/C(=C\c2ccc(I)cc2)C(=O)N1Cc1ccc(Br)cc1. The molecule has 3 nitrogen and oxygen atoms in total. The van der Waals surface area contributed by atoms with Crippen molar-refractivity contribution in [3.63, 3.8) is 0 Å². The van der Waals surface area contributed by atoms with Gasteiger partial charge in [0.2, 0.25) is 0 Å². The van der Waals surface area contributed by atoms with Crippen LogP contribution in [0.1, 0.15) is 11.1 Å². The number of thioether (sulfide) groups is 1. The highest BCUT2D eigenvalue weighted by atomic mass is 127. The van der Waals surface area contributed by atoms with E-state index >= 15 is 0 Å². The molecule has 0 aromatic heterocycles. The summed E-state index contributed by atoms with van der Waals surface area (Å²) in [5.74, 6) is -0.235. The number of hydrogen-bond donors (Lipinski definition) is 0. The molecular weight excluding hydrogens is 489 g/mol. The van der Waals surface area contributed by atoms with E-state index < -0.39 is 0 Å². The first-order valence-electron chi connectivity index (χ1n) is 6.78. The zero-order valence-electron chi connectivity index (χ0n) is 11.8. The maximum Gasteiger partial charge on any atom is 0.293 e. The van der Waals surface area contributed by atoms with Gasteiger partial charge in [-0.3, -0.25) is 14.5 Å². The predicted molar refractivity (Wildman–Crippen MR) is 105 cm³/mol. The highest BCUT2D eigenvalue weighted by molar-refractivity contribution is 14.1. The Morgan fingerprint density at radius 1 is 1.04 bits per heavy atom. The standard InChI is InChI=1S/C17H11BrINO2S/c18-13-5-1-12(2-6-13)10-20-16(21)15(23-17(20)22)9-11-3-7-14(19)8-4-11/h1-9H,10H2/b15-9-. The summed E-state index contributed by atoms with van der Waals surface area (Å²) in [5, 5.41) is -0.227. The second kappa shape index (κ2) is 7.19. The highest BCUT2D eigenvalue weighted by Crippen LogP contribution is 2.33. The topological polar surface area (TPSA) is 37.4 Å². The summed E-state index contributed by atoms with van der Waals surface area (Å²) in [6.45, 7) is 0.294. The molecule has 0 unspecified atom stereocenters. The van der Waals surface area contributed by atoms with Crippen LogP contribution < -0.4 is 0 Å². The van der Waals surface area contributed by atoms with Crippen molar-refractivity contribution >= 4 is 67.5 Å². The van der Waals surface area contributed by atoms with Crippen LogP contribution in [0.15, 0.2) is 57.9 Å². The highest BCUT2D eigenvalue weighted by Gasteiger charge is 2.34. The molecule has 1 aliphatic rings. The van der Waals surface area contributed by atoms with Gasteiger partial charge in [-0.25, -0.2) is 0 Å². The fourth-order valence-electron chi connectivity index (χ4n) is 2.12. The van der Waals surface area contributed by atoms with Crippen LogP contribution in [-0.2, 0) is 11.3 Å². The van der Waals surface area contributed by atoms with Gasteiger partial charge in [0.1, 0.15) is 0 Å². The molecule has 0 spiro atoms. The number of amides is 2. The molecule has 0 saturated carbocycles. The third kappa shape index (κ3) is 4.05. The molecule has 116 valence electrons. The zero-order valence-corrected chi connectivity index (χ0v) is 16.4. The quantitative estimate of drug-likeness (QED) is 0.425. The Morgan fingerprint density at radius 2 is 1.70 bits per heavy atom. The van der Waals surface area contributed by atoms with E-state index in [0.29, 0.717) is 11.4 Å². The number of hydrogen-bond acceptors (Lipinski definition) is 3. The molecule has 1 aliphatic heterocycles. The lowest BCUT2D eigenvalue weighted by Gasteiger charge is -2.12. The van der Waals surface area contributed by atoms with E-state index in [4.69, 9.17) is 0 Å². The lowest BCUT2D eigenvalue weighted by molar-refractivity contribution is -0.123. The van der Waals surface area contributed by atoms with Gasteiger partial charge in [0.05, 0.1) is 11.4 Å². The summed E-state index contributed by atoms with van der Waals surface area (Å²) in [4.78, 5) is 26.3. The third-order valence-electron chi connectivity index (χ3n) is 3.30. The monoisotopic (exact) mass is 499 g/mol. The minimum atomic E-state index is -0.235. The molecule has 2 aromatic carbocycles. The number of nitrogens with zero attached hydrogens (tertiary/aromatic N) is 1. The minimum Gasteiger partial charge on any atom is -0.268 e. The van der Waals surface area contributed by atoms with Crippen molar-refractivity contribution in [2.75, 3.05) is 0 Å². The van der Waals surface area contributed by atoms with Crippen molar-refractivity contribution in [3.05, 3.63) is 72.6 Å². The summed E-state index contributed by atoms with van der Waals surface area (Å²) in [7, 11) is 0. The van der Waals surface area contributed by atoms with Gasteiger partial charge in [-0.2, -0.15) is 0 Å². The van der Waals surface area contributed by atoms with Gasteiger partial charge < -0.3 is 0 Å². The Kier molecular flexibility index (Phi) is 5.23. The first-order valence-corrected chi connectivity index (χ1v) is 9.47. The molecule has 2 aromatic rings. The molecule has 1 fully saturated rings. The van der Waals surface area contributed by atoms with Gasteiger partial charge >= 0.3 is 0 Å². The van der Waals surface area contributed by atoms with Crippen molar-refractivity contribution in [1.29, 1.82) is 0 Å². The molecule has 0 aliphatic carbocycles. The first kappa shape index (κ1) is 16.7. The second-order valence-corrected chi connectivity index (χ2v) is 8.10. The summed E-state index contributed by atoms with van der Waals surface area (Å²) >= 11 is 6.59. The van der Waals surface area contributed by atoms with Gasteiger partial charge in [0.15, 0.2) is 0 Å². The number of imide groups is 1. The van der Waals surface area contributed by atoms with Crippen LogP contribution in [0.3, 0.4) is 0 Å². The predicted octanol–water partition coefficient (Wildman–Crippen LogP) is 5.29. The van der Waals surface area contributed by atoms with E-state index in [1.54, 1.807) is 6.08 Å². The van der Waals surface area contributed by atoms with Crippen LogP contribution >= 0.6 is 50.3 Å². The van der Waals surface area contributed by atoms with Gasteiger partial charge in [0, 0.05) is 8.04 Å². The van der Waals surface area contributed by atoms with Crippen LogP contribution in [0.4, 0.5) is 4.79 Å². The van der Waals surface area contributed by atoms with E-state index in [0.717, 1.165) is 30.9 Å². The molecule has 3 rings (SSSR count). The fraction of sp³-hybridized carbons (Fsp3) is 0.0588. The summed E-state index contributed by atoms with van der Waals surface area (Å²) < 4.78 is 2.09. The average Bonchev–Trinajstić information content (AvgIpc) is 2.79. The smallest absolute Gasteiger partial charge is 0.268 e. The Balaban J connectivity index is 1.79. The number of halogens is 2. The van der Waals surface area contributed by atoms with Crippen LogP contribution in [0.2, 0.25) is 0 Å². The Hall–Kier alpha value is -1.12. The molecular formula is C17H11BrINO2S. The maximum absolute atomic E-state index is 12.5. The Morgan fingerprint density at radius 3 is 2.35 bits per heavy atom. The van der Waals surface area contributed by atoms with Crippen LogP contribution in [0.5, 0.6) is 0 Å². The van der Waals surface area contributed by atoms with Gasteiger partial charge in [0.25, 0.3) is 11.1 Å². The van der Waals surface area contributed by atoms with E-state index in [1.807, 2.05) is 48.5 Å². The molecule has 23 heavy (non-hydrogen) atoms. The maximum atomic E-state index is 12.5. The Labute approximate surface area is 160 Å². The summed E-state index contributed by atoms with van der Waals surface area (Å²) in [6, 6.07) is 15.4. The Bertz CT molecular complexity index is 787. The molecule has 2 amide bonds. The second-order valence-electron chi connectivity index (χ2n) is 4.95. The average molecular weight is 500 g/mol. The molecule has 1 heterocycles. The van der Waals surface area contributed by atoms with Crippen LogP contribution in [-0.4, -0.2) is 16.0 Å². The van der Waals surface area contributed by atoms with Crippen molar-refractivity contribution in [3.8, 4) is 0 Å². The van der Waals surface area contributed by atoms with E-state index in [1.165, 1.54) is 4.90 Å². The van der Waals surface area contributed by atoms with E-state index in [-0.39, 0.29) is 11.1 Å².